The largest absolute Gasteiger partial charge is 0.341 e. The number of nitriles is 1. The summed E-state index contributed by atoms with van der Waals surface area (Å²) in [4.78, 5) is 14.2. The highest BCUT2D eigenvalue weighted by molar-refractivity contribution is 5.76. The van der Waals surface area contributed by atoms with Crippen molar-refractivity contribution in [1.82, 2.24) is 14.7 Å². The third-order valence-corrected chi connectivity index (χ3v) is 4.56. The number of amides is 1. The molecule has 0 bridgehead atoms. The molecular weight excluding hydrogens is 324 g/mol. The Morgan fingerprint density at radius 1 is 1.35 bits per heavy atom. The van der Waals surface area contributed by atoms with E-state index >= 15 is 0 Å². The summed E-state index contributed by atoms with van der Waals surface area (Å²) >= 11 is 0. The van der Waals surface area contributed by atoms with Gasteiger partial charge < -0.3 is 4.90 Å². The van der Waals surface area contributed by atoms with E-state index in [0.29, 0.717) is 30.9 Å². The second-order valence-electron chi connectivity index (χ2n) is 7.29. The van der Waals surface area contributed by atoms with Crippen molar-refractivity contribution in [3.05, 3.63) is 52.3 Å². The van der Waals surface area contributed by atoms with E-state index in [9.17, 15) is 4.79 Å². The Morgan fingerprint density at radius 3 is 2.73 bits per heavy atom. The number of nitrogens with zero attached hydrogens (tertiary/aromatic N) is 4. The fourth-order valence-electron chi connectivity index (χ4n) is 3.14. The van der Waals surface area contributed by atoms with E-state index in [-0.39, 0.29) is 5.91 Å². The average Bonchev–Trinajstić information content (AvgIpc) is 2.85. The number of benzene rings is 1. The highest BCUT2D eigenvalue weighted by atomic mass is 16.2. The van der Waals surface area contributed by atoms with Crippen LogP contribution in [0.3, 0.4) is 0 Å². The molecule has 0 atom stereocenters. The zero-order chi connectivity index (χ0) is 19.3. The molecular formula is C21H28N4O. The molecule has 1 amide bonds. The Bertz CT molecular complexity index is 814. The number of hydrogen-bond acceptors (Lipinski definition) is 3. The summed E-state index contributed by atoms with van der Waals surface area (Å²) in [7, 11) is 1.81. The smallest absolute Gasteiger partial charge is 0.222 e. The van der Waals surface area contributed by atoms with Crippen LogP contribution in [0.2, 0.25) is 0 Å². The molecule has 0 aliphatic heterocycles. The second-order valence-corrected chi connectivity index (χ2v) is 7.29. The minimum absolute atomic E-state index is 0.0998. The molecule has 0 N–H and O–H groups in total. The van der Waals surface area contributed by atoms with Crippen LogP contribution in [-0.4, -0.2) is 27.6 Å². The first-order valence-electron chi connectivity index (χ1n) is 9.07. The lowest BCUT2D eigenvalue weighted by molar-refractivity contribution is -0.130. The fraction of sp³-hybridized carbons (Fsp3) is 0.476. The molecule has 1 aromatic carbocycles. The van der Waals surface area contributed by atoms with Crippen LogP contribution in [0, 0.1) is 31.1 Å². The molecule has 2 aromatic rings. The van der Waals surface area contributed by atoms with Crippen molar-refractivity contribution in [1.29, 1.82) is 5.26 Å². The molecule has 0 spiro atoms. The first-order valence-corrected chi connectivity index (χ1v) is 9.07. The molecule has 0 saturated heterocycles. The molecule has 5 heteroatoms. The van der Waals surface area contributed by atoms with Crippen molar-refractivity contribution in [3.8, 4) is 6.07 Å². The van der Waals surface area contributed by atoms with Crippen molar-refractivity contribution in [3.63, 3.8) is 0 Å². The van der Waals surface area contributed by atoms with Crippen LogP contribution in [0.4, 0.5) is 0 Å². The Hall–Kier alpha value is -2.61. The molecule has 138 valence electrons. The molecule has 1 aromatic heterocycles. The van der Waals surface area contributed by atoms with E-state index in [0.717, 1.165) is 23.5 Å². The summed E-state index contributed by atoms with van der Waals surface area (Å²) in [6, 6.07) is 9.52. The summed E-state index contributed by atoms with van der Waals surface area (Å²) < 4.78 is 2.05. The Balaban J connectivity index is 1.97. The lowest BCUT2D eigenvalue weighted by Gasteiger charge is -2.17. The molecule has 5 nitrogen and oxygen atoms in total. The molecule has 0 unspecified atom stereocenters. The zero-order valence-corrected chi connectivity index (χ0v) is 16.4. The third-order valence-electron chi connectivity index (χ3n) is 4.56. The van der Waals surface area contributed by atoms with Gasteiger partial charge in [0.25, 0.3) is 0 Å². The van der Waals surface area contributed by atoms with Gasteiger partial charge >= 0.3 is 0 Å². The Morgan fingerprint density at radius 2 is 2.08 bits per heavy atom. The van der Waals surface area contributed by atoms with E-state index in [1.165, 1.54) is 5.56 Å². The van der Waals surface area contributed by atoms with E-state index in [1.54, 1.807) is 11.0 Å². The third kappa shape index (κ3) is 4.95. The van der Waals surface area contributed by atoms with Crippen molar-refractivity contribution < 1.29 is 4.79 Å². The predicted octanol–water partition coefficient (Wildman–Crippen LogP) is 3.62. The molecule has 0 fully saturated rings. The molecule has 1 heterocycles. The number of rotatable bonds is 7. The van der Waals surface area contributed by atoms with Gasteiger partial charge in [-0.1, -0.05) is 26.0 Å². The van der Waals surface area contributed by atoms with E-state index in [2.05, 4.69) is 36.6 Å². The number of carbonyl (C=O) groups is 1. The van der Waals surface area contributed by atoms with Crippen LogP contribution in [0.25, 0.3) is 0 Å². The maximum Gasteiger partial charge on any atom is 0.222 e. The van der Waals surface area contributed by atoms with Gasteiger partial charge in [0.15, 0.2) is 0 Å². The second kappa shape index (κ2) is 8.66. The SMILES string of the molecule is Cc1nn(CC(C)C)c(C)c1CCC(=O)N(C)Cc1cccc(C#N)c1. The van der Waals surface area contributed by atoms with E-state index in [4.69, 9.17) is 5.26 Å². The average molecular weight is 352 g/mol. The number of carbonyl (C=O) groups excluding carboxylic acids is 1. The molecule has 2 rings (SSSR count). The quantitative estimate of drug-likeness (QED) is 0.764. The van der Waals surface area contributed by atoms with E-state index < -0.39 is 0 Å². The standard InChI is InChI=1S/C21H28N4O/c1-15(2)13-25-17(4)20(16(3)23-25)9-10-21(26)24(5)14-19-8-6-7-18(11-19)12-22/h6-8,11,15H,9-10,13-14H2,1-5H3. The molecule has 0 radical (unpaired) electrons. The molecule has 0 aliphatic carbocycles. The van der Waals surface area contributed by atoms with Gasteiger partial charge in [-0.05, 0) is 49.4 Å². The summed E-state index contributed by atoms with van der Waals surface area (Å²) in [5, 5.41) is 13.6. The summed E-state index contributed by atoms with van der Waals surface area (Å²) in [6.45, 7) is 9.86. The van der Waals surface area contributed by atoms with Gasteiger partial charge in [0.2, 0.25) is 5.91 Å². The highest BCUT2D eigenvalue weighted by Crippen LogP contribution is 2.17. The van der Waals surface area contributed by atoms with Crippen LogP contribution >= 0.6 is 0 Å². The van der Waals surface area contributed by atoms with Crippen molar-refractivity contribution in [2.45, 2.75) is 53.6 Å². The van der Waals surface area contributed by atoms with Crippen LogP contribution in [-0.2, 0) is 24.3 Å². The number of aromatic nitrogens is 2. The van der Waals surface area contributed by atoms with Gasteiger partial charge in [-0.25, -0.2) is 0 Å². The van der Waals surface area contributed by atoms with Gasteiger partial charge in [-0.15, -0.1) is 0 Å². The summed E-state index contributed by atoms with van der Waals surface area (Å²) in [6.07, 6.45) is 1.17. The molecule has 26 heavy (non-hydrogen) atoms. The topological polar surface area (TPSA) is 61.9 Å². The lowest BCUT2D eigenvalue weighted by atomic mass is 10.1. The molecule has 0 aliphatic rings. The van der Waals surface area contributed by atoms with Gasteiger partial charge in [0.05, 0.1) is 17.3 Å². The van der Waals surface area contributed by atoms with Crippen molar-refractivity contribution in [2.24, 2.45) is 5.92 Å². The van der Waals surface area contributed by atoms with Crippen molar-refractivity contribution in [2.75, 3.05) is 7.05 Å². The monoisotopic (exact) mass is 352 g/mol. The fourth-order valence-corrected chi connectivity index (χ4v) is 3.14. The number of aryl methyl sites for hydroxylation is 1. The van der Waals surface area contributed by atoms with Crippen LogP contribution in [0.5, 0.6) is 0 Å². The van der Waals surface area contributed by atoms with Crippen LogP contribution in [0.1, 0.15) is 48.3 Å². The zero-order valence-electron chi connectivity index (χ0n) is 16.4. The highest BCUT2D eigenvalue weighted by Gasteiger charge is 2.15. The number of hydrogen-bond donors (Lipinski definition) is 0. The van der Waals surface area contributed by atoms with Gasteiger partial charge in [-0.3, -0.25) is 9.48 Å². The first kappa shape index (κ1) is 19.7. The minimum atomic E-state index is 0.0998. The maximum atomic E-state index is 12.5. The summed E-state index contributed by atoms with van der Waals surface area (Å²) in [5.74, 6) is 0.639. The van der Waals surface area contributed by atoms with Crippen LogP contribution < -0.4 is 0 Å². The van der Waals surface area contributed by atoms with Crippen molar-refractivity contribution >= 4 is 5.91 Å². The normalized spacial score (nSPS) is 10.8. The van der Waals surface area contributed by atoms with E-state index in [1.807, 2.05) is 32.2 Å². The lowest BCUT2D eigenvalue weighted by Crippen LogP contribution is -2.26. The van der Waals surface area contributed by atoms with Gasteiger partial charge in [-0.2, -0.15) is 10.4 Å². The van der Waals surface area contributed by atoms with Crippen LogP contribution in [0.15, 0.2) is 24.3 Å². The van der Waals surface area contributed by atoms with Gasteiger partial charge in [0, 0.05) is 32.3 Å². The first-order chi connectivity index (χ1) is 12.3. The van der Waals surface area contributed by atoms with Gasteiger partial charge in [0.1, 0.15) is 0 Å². The molecule has 0 saturated carbocycles. The summed E-state index contributed by atoms with van der Waals surface area (Å²) in [5.41, 5.74) is 4.94. The maximum absolute atomic E-state index is 12.5. The Kier molecular flexibility index (Phi) is 6.57. The predicted molar refractivity (Wildman–Crippen MR) is 102 cm³/mol. The minimum Gasteiger partial charge on any atom is -0.341 e. The Labute approximate surface area is 156 Å².